The molecule has 0 fully saturated rings. The molecule has 1 aromatic carbocycles. The molecule has 0 spiro atoms. The van der Waals surface area contributed by atoms with Gasteiger partial charge in [-0.15, -0.1) is 0 Å². The minimum atomic E-state index is 0.439. The quantitative estimate of drug-likeness (QED) is 0.783. The number of nitrogens with zero attached hydrogens (tertiary/aromatic N) is 2. The van der Waals surface area contributed by atoms with Crippen LogP contribution in [0.25, 0.3) is 11.3 Å². The fourth-order valence-corrected chi connectivity index (χ4v) is 2.28. The van der Waals surface area contributed by atoms with Crippen molar-refractivity contribution in [2.75, 3.05) is 12.8 Å². The van der Waals surface area contributed by atoms with Crippen molar-refractivity contribution in [2.45, 2.75) is 13.0 Å². The van der Waals surface area contributed by atoms with E-state index in [1.165, 1.54) is 5.56 Å². The Labute approximate surface area is 128 Å². The number of hydrogen-bond acceptors (Lipinski definition) is 5. The molecule has 0 radical (unpaired) electrons. The SMILES string of the molecule is COCc1ccc(Cc2cc(-c3cccnc3N)on2)cc1. The molecule has 22 heavy (non-hydrogen) atoms. The highest BCUT2D eigenvalue weighted by Gasteiger charge is 2.10. The first-order valence-corrected chi connectivity index (χ1v) is 6.99. The van der Waals surface area contributed by atoms with Crippen LogP contribution >= 0.6 is 0 Å². The number of hydrogen-bond donors (Lipinski definition) is 1. The Bertz CT molecular complexity index is 751. The van der Waals surface area contributed by atoms with Crippen LogP contribution in [-0.4, -0.2) is 17.3 Å². The first-order valence-electron chi connectivity index (χ1n) is 6.99. The second-order valence-corrected chi connectivity index (χ2v) is 5.04. The Morgan fingerprint density at radius 2 is 1.91 bits per heavy atom. The van der Waals surface area contributed by atoms with Crippen LogP contribution in [0.5, 0.6) is 0 Å². The number of aromatic nitrogens is 2. The van der Waals surface area contributed by atoms with Crippen molar-refractivity contribution in [2.24, 2.45) is 0 Å². The predicted octanol–water partition coefficient (Wildman–Crippen LogP) is 3.06. The molecule has 2 aromatic heterocycles. The maximum atomic E-state index is 5.85. The van der Waals surface area contributed by atoms with Gasteiger partial charge in [0, 0.05) is 25.8 Å². The summed E-state index contributed by atoms with van der Waals surface area (Å²) < 4.78 is 10.5. The molecule has 3 rings (SSSR count). The van der Waals surface area contributed by atoms with Gasteiger partial charge < -0.3 is 15.0 Å². The Morgan fingerprint density at radius 3 is 2.64 bits per heavy atom. The monoisotopic (exact) mass is 295 g/mol. The zero-order valence-electron chi connectivity index (χ0n) is 12.3. The average Bonchev–Trinajstić information content (AvgIpc) is 2.98. The van der Waals surface area contributed by atoms with Crippen LogP contribution < -0.4 is 5.73 Å². The maximum absolute atomic E-state index is 5.85. The number of benzene rings is 1. The molecule has 0 aliphatic carbocycles. The molecule has 5 nitrogen and oxygen atoms in total. The number of anilines is 1. The number of nitrogens with two attached hydrogens (primary N) is 1. The summed E-state index contributed by atoms with van der Waals surface area (Å²) in [7, 11) is 1.69. The van der Waals surface area contributed by atoms with Crippen molar-refractivity contribution >= 4 is 5.82 Å². The van der Waals surface area contributed by atoms with Crippen LogP contribution in [0, 0.1) is 0 Å². The average molecular weight is 295 g/mol. The van der Waals surface area contributed by atoms with Crippen molar-refractivity contribution in [1.29, 1.82) is 0 Å². The molecule has 0 unspecified atom stereocenters. The van der Waals surface area contributed by atoms with Crippen LogP contribution in [0.4, 0.5) is 5.82 Å². The highest BCUT2D eigenvalue weighted by atomic mass is 16.5. The first-order chi connectivity index (χ1) is 10.8. The minimum absolute atomic E-state index is 0.439. The summed E-state index contributed by atoms with van der Waals surface area (Å²) in [5.41, 5.74) is 9.78. The van der Waals surface area contributed by atoms with Crippen LogP contribution in [0.1, 0.15) is 16.8 Å². The molecule has 2 heterocycles. The van der Waals surface area contributed by atoms with Crippen LogP contribution in [0.2, 0.25) is 0 Å². The van der Waals surface area contributed by atoms with Crippen molar-refractivity contribution in [3.05, 3.63) is 65.5 Å². The van der Waals surface area contributed by atoms with Crippen LogP contribution in [0.15, 0.2) is 53.2 Å². The molecule has 112 valence electrons. The number of methoxy groups -OCH3 is 1. The Kier molecular flexibility index (Phi) is 4.16. The summed E-state index contributed by atoms with van der Waals surface area (Å²) in [6.07, 6.45) is 2.36. The Balaban J connectivity index is 1.75. The molecular weight excluding hydrogens is 278 g/mol. The summed E-state index contributed by atoms with van der Waals surface area (Å²) in [6.45, 7) is 0.620. The summed E-state index contributed by atoms with van der Waals surface area (Å²) in [5, 5.41) is 4.10. The first kappa shape index (κ1) is 14.3. The van der Waals surface area contributed by atoms with Crippen LogP contribution in [0.3, 0.4) is 0 Å². The molecule has 0 aliphatic rings. The summed E-state index contributed by atoms with van der Waals surface area (Å²) >= 11 is 0. The lowest BCUT2D eigenvalue weighted by atomic mass is 10.1. The van der Waals surface area contributed by atoms with E-state index >= 15 is 0 Å². The molecule has 0 saturated heterocycles. The molecule has 2 N–H and O–H groups in total. The van der Waals surface area contributed by atoms with Gasteiger partial charge in [0.1, 0.15) is 5.82 Å². The Hall–Kier alpha value is -2.66. The standard InChI is InChI=1S/C17H17N3O2/c1-21-11-13-6-4-12(5-7-13)9-14-10-16(22-20-14)15-3-2-8-19-17(15)18/h2-8,10H,9,11H2,1H3,(H2,18,19). The van der Waals surface area contributed by atoms with Crippen molar-refractivity contribution < 1.29 is 9.26 Å². The number of ether oxygens (including phenoxy) is 1. The van der Waals surface area contributed by atoms with E-state index in [0.29, 0.717) is 24.6 Å². The van der Waals surface area contributed by atoms with E-state index < -0.39 is 0 Å². The van der Waals surface area contributed by atoms with Crippen molar-refractivity contribution in [3.63, 3.8) is 0 Å². The van der Waals surface area contributed by atoms with E-state index in [1.807, 2.05) is 18.2 Å². The van der Waals surface area contributed by atoms with Gasteiger partial charge >= 0.3 is 0 Å². The third-order valence-corrected chi connectivity index (χ3v) is 3.38. The van der Waals surface area contributed by atoms with Gasteiger partial charge in [0.05, 0.1) is 17.9 Å². The second kappa shape index (κ2) is 6.41. The Morgan fingerprint density at radius 1 is 1.14 bits per heavy atom. The molecule has 0 aliphatic heterocycles. The molecule has 3 aromatic rings. The van der Waals surface area contributed by atoms with Crippen molar-refractivity contribution in [1.82, 2.24) is 10.1 Å². The smallest absolute Gasteiger partial charge is 0.170 e. The second-order valence-electron chi connectivity index (χ2n) is 5.04. The van der Waals surface area contributed by atoms with E-state index in [-0.39, 0.29) is 0 Å². The summed E-state index contributed by atoms with van der Waals surface area (Å²) in [5.74, 6) is 1.07. The zero-order chi connectivity index (χ0) is 15.4. The van der Waals surface area contributed by atoms with Crippen LogP contribution in [-0.2, 0) is 17.8 Å². The van der Waals surface area contributed by atoms with Gasteiger partial charge in [0.2, 0.25) is 0 Å². The lowest BCUT2D eigenvalue weighted by Crippen LogP contribution is -1.92. The topological polar surface area (TPSA) is 74.2 Å². The molecule has 0 atom stereocenters. The zero-order valence-corrected chi connectivity index (χ0v) is 12.3. The maximum Gasteiger partial charge on any atom is 0.170 e. The minimum Gasteiger partial charge on any atom is -0.383 e. The van der Waals surface area contributed by atoms with Crippen molar-refractivity contribution in [3.8, 4) is 11.3 Å². The highest BCUT2D eigenvalue weighted by Crippen LogP contribution is 2.25. The number of rotatable bonds is 5. The van der Waals surface area contributed by atoms with Gasteiger partial charge in [-0.05, 0) is 23.3 Å². The molecule has 5 heteroatoms. The van der Waals surface area contributed by atoms with Gasteiger partial charge in [-0.1, -0.05) is 29.4 Å². The fraction of sp³-hybridized carbons (Fsp3) is 0.176. The fourth-order valence-electron chi connectivity index (χ4n) is 2.28. The summed E-state index contributed by atoms with van der Waals surface area (Å²) in [6, 6.07) is 13.8. The van der Waals surface area contributed by atoms with Gasteiger partial charge in [-0.3, -0.25) is 0 Å². The van der Waals surface area contributed by atoms with E-state index in [9.17, 15) is 0 Å². The molecular formula is C17H17N3O2. The van der Waals surface area contributed by atoms with Gasteiger partial charge in [-0.25, -0.2) is 4.98 Å². The third kappa shape index (κ3) is 3.15. The van der Waals surface area contributed by atoms with E-state index in [0.717, 1.165) is 16.8 Å². The molecule has 0 saturated carbocycles. The van der Waals surface area contributed by atoms with Gasteiger partial charge in [-0.2, -0.15) is 0 Å². The highest BCUT2D eigenvalue weighted by molar-refractivity contribution is 5.69. The largest absolute Gasteiger partial charge is 0.383 e. The molecule has 0 bridgehead atoms. The summed E-state index contributed by atoms with van der Waals surface area (Å²) in [4.78, 5) is 4.05. The normalized spacial score (nSPS) is 10.8. The van der Waals surface area contributed by atoms with E-state index in [4.69, 9.17) is 15.0 Å². The van der Waals surface area contributed by atoms with E-state index in [1.54, 1.807) is 13.3 Å². The number of pyridine rings is 1. The third-order valence-electron chi connectivity index (χ3n) is 3.38. The lowest BCUT2D eigenvalue weighted by molar-refractivity contribution is 0.185. The number of nitrogen functional groups attached to an aromatic ring is 1. The van der Waals surface area contributed by atoms with E-state index in [2.05, 4.69) is 34.4 Å². The predicted molar refractivity (Wildman–Crippen MR) is 84.1 cm³/mol. The lowest BCUT2D eigenvalue weighted by Gasteiger charge is -2.01. The van der Waals surface area contributed by atoms with Gasteiger partial charge in [0.25, 0.3) is 0 Å². The molecule has 0 amide bonds. The van der Waals surface area contributed by atoms with Gasteiger partial charge in [0.15, 0.2) is 5.76 Å².